The molecule has 0 N–H and O–H groups in total. The Morgan fingerprint density at radius 3 is 1.76 bits per heavy atom. The summed E-state index contributed by atoms with van der Waals surface area (Å²) >= 11 is 0. The molecule has 0 aliphatic carbocycles. The highest BCUT2D eigenvalue weighted by Crippen LogP contribution is 2.52. The van der Waals surface area contributed by atoms with Gasteiger partial charge in [0.25, 0.3) is 0 Å². The van der Waals surface area contributed by atoms with Crippen molar-refractivity contribution in [3.05, 3.63) is 187 Å². The van der Waals surface area contributed by atoms with Gasteiger partial charge in [0, 0.05) is 50.4 Å². The first-order chi connectivity index (χ1) is 24.6. The highest BCUT2D eigenvalue weighted by Gasteiger charge is 2.36. The number of hydrogen-bond acceptors (Lipinski definition) is 1. The third-order valence-electron chi connectivity index (χ3n) is 10.7. The Kier molecular flexibility index (Phi) is 6.22. The molecule has 3 heteroatoms. The maximum atomic E-state index is 2.48. The van der Waals surface area contributed by atoms with Crippen molar-refractivity contribution in [2.24, 2.45) is 0 Å². The molecule has 3 nitrogen and oxygen atoms in total. The fourth-order valence-electron chi connectivity index (χ4n) is 8.39. The van der Waals surface area contributed by atoms with Gasteiger partial charge in [-0.15, -0.1) is 0 Å². The Hall–Kier alpha value is -6.32. The van der Waals surface area contributed by atoms with E-state index >= 15 is 0 Å². The lowest BCUT2D eigenvalue weighted by Crippen LogP contribution is -2.30. The Balaban J connectivity index is 1.29. The number of hydrogen-bond donors (Lipinski definition) is 0. The lowest BCUT2D eigenvalue weighted by molar-refractivity contribution is 0.632. The van der Waals surface area contributed by atoms with Crippen molar-refractivity contribution in [2.75, 3.05) is 4.90 Å². The van der Waals surface area contributed by atoms with Crippen molar-refractivity contribution in [1.82, 2.24) is 9.13 Å². The first-order valence-corrected chi connectivity index (χ1v) is 17.4. The molecule has 0 saturated heterocycles. The summed E-state index contributed by atoms with van der Waals surface area (Å²) in [7, 11) is 0. The van der Waals surface area contributed by atoms with Gasteiger partial charge in [-0.1, -0.05) is 135 Å². The molecule has 0 unspecified atom stereocenters. The van der Waals surface area contributed by atoms with Crippen LogP contribution >= 0.6 is 0 Å². The zero-order valence-corrected chi connectivity index (χ0v) is 28.1. The first kappa shape index (κ1) is 28.7. The molecule has 50 heavy (non-hydrogen) atoms. The fraction of sp³-hybridized carbons (Fsp3) is 0.0638. The monoisotopic (exact) mass is 641 g/mol. The normalized spacial score (nSPS) is 13.5. The molecular weight excluding hydrogens is 607 g/mol. The predicted octanol–water partition coefficient (Wildman–Crippen LogP) is 12.5. The summed E-state index contributed by atoms with van der Waals surface area (Å²) in [6.45, 7) is 4.68. The molecule has 7 aromatic carbocycles. The average molecular weight is 642 g/mol. The maximum absolute atomic E-state index is 2.48. The maximum Gasteiger partial charge on any atom is 0.0788 e. The second-order valence-corrected chi connectivity index (χ2v) is 13.8. The summed E-state index contributed by atoms with van der Waals surface area (Å²) in [6.07, 6.45) is 2.32. The van der Waals surface area contributed by atoms with Gasteiger partial charge in [0.15, 0.2) is 0 Å². The number of benzene rings is 7. The molecule has 3 heterocycles. The Labute approximate surface area is 291 Å². The molecule has 0 spiro atoms. The van der Waals surface area contributed by atoms with E-state index < -0.39 is 0 Å². The minimum Gasteiger partial charge on any atom is -0.314 e. The molecule has 0 saturated carbocycles. The second kappa shape index (κ2) is 10.8. The molecule has 1 aliphatic rings. The molecule has 1 aliphatic heterocycles. The number of para-hydroxylation sites is 4. The smallest absolute Gasteiger partial charge is 0.0788 e. The summed E-state index contributed by atoms with van der Waals surface area (Å²) < 4.78 is 4.87. The molecule has 9 aromatic rings. The lowest BCUT2D eigenvalue weighted by atomic mass is 9.73. The van der Waals surface area contributed by atoms with Gasteiger partial charge in [-0.2, -0.15) is 0 Å². The van der Waals surface area contributed by atoms with Crippen LogP contribution in [0.3, 0.4) is 0 Å². The van der Waals surface area contributed by atoms with Crippen LogP contribution in [0.15, 0.2) is 176 Å². The SMILES string of the molecule is CC1(C)c2ccccc2N(c2cccc(-n3c4ccccc4c4ccc5c(-c6ccccc6)cn(-c6ccccc6)c5c43)c2)c2ccccc21. The molecule has 0 fully saturated rings. The van der Waals surface area contributed by atoms with Crippen molar-refractivity contribution in [1.29, 1.82) is 0 Å². The molecule has 0 atom stereocenters. The summed E-state index contributed by atoms with van der Waals surface area (Å²) in [6, 6.07) is 61.8. The summed E-state index contributed by atoms with van der Waals surface area (Å²) in [5.41, 5.74) is 14.4. The van der Waals surface area contributed by atoms with Crippen LogP contribution in [-0.2, 0) is 5.41 Å². The van der Waals surface area contributed by atoms with E-state index in [0.29, 0.717) is 0 Å². The van der Waals surface area contributed by atoms with Gasteiger partial charge in [-0.25, -0.2) is 0 Å². The Bertz CT molecular complexity index is 2680. The van der Waals surface area contributed by atoms with Crippen LogP contribution in [-0.4, -0.2) is 9.13 Å². The minimum atomic E-state index is -0.112. The van der Waals surface area contributed by atoms with Gasteiger partial charge >= 0.3 is 0 Å². The van der Waals surface area contributed by atoms with E-state index in [1.807, 2.05) is 0 Å². The molecule has 0 bridgehead atoms. The van der Waals surface area contributed by atoms with E-state index in [1.54, 1.807) is 0 Å². The van der Waals surface area contributed by atoms with E-state index in [4.69, 9.17) is 0 Å². The van der Waals surface area contributed by atoms with Crippen LogP contribution < -0.4 is 4.90 Å². The van der Waals surface area contributed by atoms with Crippen molar-refractivity contribution in [3.63, 3.8) is 0 Å². The van der Waals surface area contributed by atoms with E-state index in [-0.39, 0.29) is 5.41 Å². The topological polar surface area (TPSA) is 13.1 Å². The fourth-order valence-corrected chi connectivity index (χ4v) is 8.39. The van der Waals surface area contributed by atoms with Crippen LogP contribution in [0.4, 0.5) is 17.1 Å². The van der Waals surface area contributed by atoms with Crippen LogP contribution in [0, 0.1) is 0 Å². The number of rotatable bonds is 4. The van der Waals surface area contributed by atoms with Gasteiger partial charge < -0.3 is 14.0 Å². The van der Waals surface area contributed by atoms with E-state index in [0.717, 1.165) is 17.1 Å². The van der Waals surface area contributed by atoms with Crippen molar-refractivity contribution < 1.29 is 0 Å². The summed E-state index contributed by atoms with van der Waals surface area (Å²) in [5, 5.41) is 3.71. The third kappa shape index (κ3) is 4.10. The zero-order valence-electron chi connectivity index (χ0n) is 28.1. The lowest BCUT2D eigenvalue weighted by Gasteiger charge is -2.42. The molecule has 0 amide bonds. The van der Waals surface area contributed by atoms with Crippen LogP contribution in [0.5, 0.6) is 0 Å². The van der Waals surface area contributed by atoms with Crippen LogP contribution in [0.1, 0.15) is 25.0 Å². The Morgan fingerprint density at radius 2 is 1.02 bits per heavy atom. The standard InChI is InChI=1S/C47H35N3/c1-47(2)40-23-10-13-26-43(40)49(44-27-14-11-24-41(44)47)34-20-15-21-35(30-34)50-42-25-12-9-22-36(42)37-28-29-38-39(32-16-5-3-6-17-32)31-48(45(38)46(37)50)33-18-7-4-8-19-33/h3-31H,1-2H3. The number of nitrogens with zero attached hydrogens (tertiary/aromatic N) is 3. The van der Waals surface area contributed by atoms with Crippen molar-refractivity contribution >= 4 is 49.8 Å². The molecule has 10 rings (SSSR count). The van der Waals surface area contributed by atoms with Crippen molar-refractivity contribution in [2.45, 2.75) is 19.3 Å². The highest BCUT2D eigenvalue weighted by atomic mass is 15.2. The average Bonchev–Trinajstić information content (AvgIpc) is 3.73. The zero-order chi connectivity index (χ0) is 33.4. The van der Waals surface area contributed by atoms with E-state index in [9.17, 15) is 0 Å². The van der Waals surface area contributed by atoms with E-state index in [1.165, 1.54) is 66.3 Å². The third-order valence-corrected chi connectivity index (χ3v) is 10.7. The summed E-state index contributed by atoms with van der Waals surface area (Å²) in [4.78, 5) is 2.45. The van der Waals surface area contributed by atoms with Crippen molar-refractivity contribution in [3.8, 4) is 22.5 Å². The molecule has 2 aromatic heterocycles. The van der Waals surface area contributed by atoms with Crippen LogP contribution in [0.25, 0.3) is 55.2 Å². The molecular formula is C47H35N3. The minimum absolute atomic E-state index is 0.112. The second-order valence-electron chi connectivity index (χ2n) is 13.8. The highest BCUT2D eigenvalue weighted by molar-refractivity contribution is 6.20. The van der Waals surface area contributed by atoms with Gasteiger partial charge in [0.1, 0.15) is 0 Å². The predicted molar refractivity (Wildman–Crippen MR) is 210 cm³/mol. The number of fused-ring (bicyclic) bond motifs is 7. The Morgan fingerprint density at radius 1 is 0.440 bits per heavy atom. The van der Waals surface area contributed by atoms with Gasteiger partial charge in [-0.3, -0.25) is 0 Å². The quantitative estimate of drug-likeness (QED) is 0.186. The summed E-state index contributed by atoms with van der Waals surface area (Å²) in [5.74, 6) is 0. The van der Waals surface area contributed by atoms with E-state index in [2.05, 4.69) is 204 Å². The molecule has 238 valence electrons. The first-order valence-electron chi connectivity index (χ1n) is 17.4. The van der Waals surface area contributed by atoms with Crippen LogP contribution in [0.2, 0.25) is 0 Å². The molecule has 0 radical (unpaired) electrons. The number of anilines is 3. The largest absolute Gasteiger partial charge is 0.314 e. The number of aromatic nitrogens is 2. The van der Waals surface area contributed by atoms with Gasteiger partial charge in [0.05, 0.1) is 27.9 Å². The van der Waals surface area contributed by atoms with Gasteiger partial charge in [-0.05, 0) is 65.2 Å². The van der Waals surface area contributed by atoms with Gasteiger partial charge in [0.2, 0.25) is 0 Å².